The number of rotatable bonds is 4. The summed E-state index contributed by atoms with van der Waals surface area (Å²) >= 11 is 3.39. The molecule has 0 aliphatic rings. The lowest BCUT2D eigenvalue weighted by atomic mass is 10.1. The second-order valence-corrected chi connectivity index (χ2v) is 5.97. The first-order chi connectivity index (χ1) is 11.2. The van der Waals surface area contributed by atoms with E-state index in [1.165, 1.54) is 5.56 Å². The highest BCUT2D eigenvalue weighted by Gasteiger charge is 2.04. The van der Waals surface area contributed by atoms with Gasteiger partial charge in [0, 0.05) is 6.21 Å². The molecule has 2 heterocycles. The van der Waals surface area contributed by atoms with Crippen LogP contribution in [0.1, 0.15) is 24.2 Å². The number of aromatic nitrogens is 2. The molecule has 2 aromatic heterocycles. The van der Waals surface area contributed by atoms with E-state index in [4.69, 9.17) is 0 Å². The summed E-state index contributed by atoms with van der Waals surface area (Å²) < 4.78 is 0.800. The average molecular weight is 366 g/mol. The van der Waals surface area contributed by atoms with Gasteiger partial charge in [0.2, 0.25) is 0 Å². The highest BCUT2D eigenvalue weighted by atomic mass is 79.9. The zero-order chi connectivity index (χ0) is 16.1. The van der Waals surface area contributed by atoms with Crippen molar-refractivity contribution in [2.45, 2.75) is 13.0 Å². The van der Waals surface area contributed by atoms with E-state index in [-0.39, 0.29) is 6.04 Å². The van der Waals surface area contributed by atoms with Crippen LogP contribution >= 0.6 is 15.9 Å². The van der Waals surface area contributed by atoms with E-state index in [1.54, 1.807) is 0 Å². The predicted octanol–water partition coefficient (Wildman–Crippen LogP) is 5.09. The Morgan fingerprint density at radius 3 is 2.30 bits per heavy atom. The first kappa shape index (κ1) is 15.6. The third-order valence-corrected chi connectivity index (χ3v) is 3.90. The van der Waals surface area contributed by atoms with E-state index in [1.807, 2.05) is 60.8 Å². The van der Waals surface area contributed by atoms with E-state index < -0.39 is 0 Å². The second-order valence-electron chi connectivity index (χ2n) is 5.16. The van der Waals surface area contributed by atoms with Crippen LogP contribution in [0.15, 0.2) is 76.3 Å². The smallest absolute Gasteiger partial charge is 0.106 e. The van der Waals surface area contributed by atoms with Crippen molar-refractivity contribution in [2.75, 3.05) is 0 Å². The molecule has 4 heteroatoms. The van der Waals surface area contributed by atoms with Crippen LogP contribution < -0.4 is 0 Å². The Morgan fingerprint density at radius 2 is 1.57 bits per heavy atom. The predicted molar refractivity (Wildman–Crippen MR) is 97.6 cm³/mol. The molecule has 23 heavy (non-hydrogen) atoms. The van der Waals surface area contributed by atoms with Crippen LogP contribution in [0.2, 0.25) is 0 Å². The van der Waals surface area contributed by atoms with Gasteiger partial charge in [0.15, 0.2) is 0 Å². The summed E-state index contributed by atoms with van der Waals surface area (Å²) in [6.45, 7) is 2.07. The van der Waals surface area contributed by atoms with Crippen molar-refractivity contribution < 1.29 is 0 Å². The fourth-order valence-corrected chi connectivity index (χ4v) is 2.57. The molecule has 0 spiro atoms. The number of pyridine rings is 2. The van der Waals surface area contributed by atoms with E-state index in [0.717, 1.165) is 21.7 Å². The standard InChI is InChI=1S/C19H16BrN3/c1-14(15-7-3-2-4-8-15)21-13-16-9-5-10-17(22-16)18-11-6-12-19(20)23-18/h2-14H,1H3/t14-/m0/s1. The van der Waals surface area contributed by atoms with Crippen molar-refractivity contribution in [2.24, 2.45) is 4.99 Å². The number of aliphatic imine (C=N–C) groups is 1. The Kier molecular flexibility index (Phi) is 4.93. The molecule has 0 saturated carbocycles. The van der Waals surface area contributed by atoms with Crippen LogP contribution in [-0.4, -0.2) is 16.2 Å². The molecule has 1 aromatic carbocycles. The number of hydrogen-bond donors (Lipinski definition) is 0. The van der Waals surface area contributed by atoms with Crippen LogP contribution in [-0.2, 0) is 0 Å². The minimum Gasteiger partial charge on any atom is -0.283 e. The first-order valence-electron chi connectivity index (χ1n) is 7.40. The molecule has 0 saturated heterocycles. The Balaban J connectivity index is 1.82. The van der Waals surface area contributed by atoms with Gasteiger partial charge in [-0.05, 0) is 52.7 Å². The quantitative estimate of drug-likeness (QED) is 0.477. The lowest BCUT2D eigenvalue weighted by Crippen LogP contribution is -1.95. The molecular formula is C19H16BrN3. The van der Waals surface area contributed by atoms with E-state index in [2.05, 4.69) is 49.9 Å². The van der Waals surface area contributed by atoms with Crippen LogP contribution in [0.3, 0.4) is 0 Å². The number of halogens is 1. The zero-order valence-corrected chi connectivity index (χ0v) is 14.3. The summed E-state index contributed by atoms with van der Waals surface area (Å²) in [4.78, 5) is 13.7. The number of nitrogens with zero attached hydrogens (tertiary/aromatic N) is 3. The third-order valence-electron chi connectivity index (χ3n) is 3.46. The fourth-order valence-electron chi connectivity index (χ4n) is 2.22. The normalized spacial score (nSPS) is 12.4. The van der Waals surface area contributed by atoms with Gasteiger partial charge >= 0.3 is 0 Å². The van der Waals surface area contributed by atoms with Gasteiger partial charge in [0.1, 0.15) is 4.60 Å². The number of hydrogen-bond acceptors (Lipinski definition) is 3. The topological polar surface area (TPSA) is 38.1 Å². The summed E-state index contributed by atoms with van der Waals surface area (Å²) in [5, 5.41) is 0. The molecule has 0 unspecified atom stereocenters. The van der Waals surface area contributed by atoms with Gasteiger partial charge in [-0.3, -0.25) is 4.99 Å². The molecule has 0 fully saturated rings. The van der Waals surface area contributed by atoms with Crippen molar-refractivity contribution >= 4 is 22.1 Å². The van der Waals surface area contributed by atoms with Crippen LogP contribution in [0.4, 0.5) is 0 Å². The fraction of sp³-hybridized carbons (Fsp3) is 0.105. The zero-order valence-electron chi connectivity index (χ0n) is 12.7. The minimum atomic E-state index is 0.102. The molecule has 3 aromatic rings. The van der Waals surface area contributed by atoms with Crippen molar-refractivity contribution in [1.29, 1.82) is 0 Å². The number of benzene rings is 1. The molecule has 0 bridgehead atoms. The van der Waals surface area contributed by atoms with Gasteiger partial charge in [0.25, 0.3) is 0 Å². The van der Waals surface area contributed by atoms with Crippen LogP contribution in [0.25, 0.3) is 11.4 Å². The van der Waals surface area contributed by atoms with Crippen molar-refractivity contribution in [3.63, 3.8) is 0 Å². The van der Waals surface area contributed by atoms with Crippen LogP contribution in [0.5, 0.6) is 0 Å². The third kappa shape index (κ3) is 4.11. The van der Waals surface area contributed by atoms with Gasteiger partial charge in [-0.1, -0.05) is 42.5 Å². The first-order valence-corrected chi connectivity index (χ1v) is 8.20. The Hall–Kier alpha value is -2.33. The summed E-state index contributed by atoms with van der Waals surface area (Å²) in [6, 6.07) is 22.0. The molecule has 0 aliphatic heterocycles. The Morgan fingerprint density at radius 1 is 0.870 bits per heavy atom. The molecule has 0 amide bonds. The maximum Gasteiger partial charge on any atom is 0.106 e. The molecule has 3 rings (SSSR count). The lowest BCUT2D eigenvalue weighted by molar-refractivity contribution is 0.824. The molecular weight excluding hydrogens is 350 g/mol. The van der Waals surface area contributed by atoms with Gasteiger partial charge in [-0.15, -0.1) is 0 Å². The van der Waals surface area contributed by atoms with E-state index in [0.29, 0.717) is 0 Å². The maximum atomic E-state index is 4.62. The van der Waals surface area contributed by atoms with Gasteiger partial charge in [-0.25, -0.2) is 9.97 Å². The van der Waals surface area contributed by atoms with Gasteiger partial charge < -0.3 is 0 Å². The van der Waals surface area contributed by atoms with E-state index >= 15 is 0 Å². The van der Waals surface area contributed by atoms with E-state index in [9.17, 15) is 0 Å². The summed E-state index contributed by atoms with van der Waals surface area (Å²) in [6.07, 6.45) is 1.82. The van der Waals surface area contributed by atoms with Gasteiger partial charge in [0.05, 0.1) is 23.1 Å². The molecule has 3 nitrogen and oxygen atoms in total. The highest BCUT2D eigenvalue weighted by molar-refractivity contribution is 9.10. The second kappa shape index (κ2) is 7.29. The van der Waals surface area contributed by atoms with Gasteiger partial charge in [-0.2, -0.15) is 0 Å². The largest absolute Gasteiger partial charge is 0.283 e. The van der Waals surface area contributed by atoms with Crippen LogP contribution in [0, 0.1) is 0 Å². The molecule has 0 aliphatic carbocycles. The summed E-state index contributed by atoms with van der Waals surface area (Å²) in [5.74, 6) is 0. The molecule has 1 atom stereocenters. The van der Waals surface area contributed by atoms with Crippen molar-refractivity contribution in [3.8, 4) is 11.4 Å². The maximum absolute atomic E-state index is 4.62. The lowest BCUT2D eigenvalue weighted by Gasteiger charge is -2.06. The van der Waals surface area contributed by atoms with Crippen molar-refractivity contribution in [1.82, 2.24) is 9.97 Å². The molecule has 114 valence electrons. The minimum absolute atomic E-state index is 0.102. The average Bonchev–Trinajstić information content (AvgIpc) is 2.61. The summed E-state index contributed by atoms with van der Waals surface area (Å²) in [7, 11) is 0. The molecule has 0 radical (unpaired) electrons. The Labute approximate surface area is 144 Å². The summed E-state index contributed by atoms with van der Waals surface area (Å²) in [5.41, 5.74) is 3.69. The SMILES string of the molecule is C[C@H](N=Cc1cccc(-c2cccc(Br)n2)n1)c1ccccc1. The Bertz CT molecular complexity index is 816. The molecule has 0 N–H and O–H groups in total. The van der Waals surface area contributed by atoms with Crippen molar-refractivity contribution in [3.05, 3.63) is 82.6 Å². The highest BCUT2D eigenvalue weighted by Crippen LogP contribution is 2.18. The monoisotopic (exact) mass is 365 g/mol.